The van der Waals surface area contributed by atoms with Crippen molar-refractivity contribution in [2.75, 3.05) is 52.5 Å². The normalized spacial score (nSPS) is 19.4. The standard InChI is InChI=1S/C17H23N7O4S/c25-16(14-24-19-17(18-20-24)15-4-2-1-3-5-15)21-6-8-22(9-7-21)29(26,27)23-10-12-28-13-11-23/h1-5H,6-14H2. The van der Waals surface area contributed by atoms with E-state index in [4.69, 9.17) is 4.74 Å². The average molecular weight is 421 g/mol. The Morgan fingerprint density at radius 1 is 0.966 bits per heavy atom. The van der Waals surface area contributed by atoms with Gasteiger partial charge in [0, 0.05) is 44.8 Å². The molecule has 29 heavy (non-hydrogen) atoms. The molecular weight excluding hydrogens is 398 g/mol. The molecule has 0 spiro atoms. The van der Waals surface area contributed by atoms with Gasteiger partial charge in [0.2, 0.25) is 11.7 Å². The first-order valence-corrected chi connectivity index (χ1v) is 10.9. The van der Waals surface area contributed by atoms with Crippen LogP contribution in [0.5, 0.6) is 0 Å². The lowest BCUT2D eigenvalue weighted by molar-refractivity contribution is -0.133. The van der Waals surface area contributed by atoms with Crippen molar-refractivity contribution in [2.45, 2.75) is 6.54 Å². The Morgan fingerprint density at radius 2 is 1.62 bits per heavy atom. The Morgan fingerprint density at radius 3 is 2.31 bits per heavy atom. The van der Waals surface area contributed by atoms with E-state index in [0.29, 0.717) is 45.2 Å². The Labute approximate surface area is 169 Å². The fourth-order valence-corrected chi connectivity index (χ4v) is 4.90. The number of ether oxygens (including phenoxy) is 1. The lowest BCUT2D eigenvalue weighted by Crippen LogP contribution is -2.56. The van der Waals surface area contributed by atoms with E-state index in [1.165, 1.54) is 13.4 Å². The van der Waals surface area contributed by atoms with Gasteiger partial charge >= 0.3 is 0 Å². The number of rotatable bonds is 5. The molecule has 1 aromatic heterocycles. The second kappa shape index (κ2) is 8.53. The molecule has 2 aromatic rings. The number of morpholine rings is 1. The SMILES string of the molecule is O=C(Cn1nnc(-c2ccccc2)n1)N1CCN(S(=O)(=O)N2CCOCC2)CC1. The minimum atomic E-state index is -3.51. The van der Waals surface area contributed by atoms with Crippen LogP contribution in [-0.4, -0.2) is 101 Å². The lowest BCUT2D eigenvalue weighted by atomic mass is 10.2. The first-order chi connectivity index (χ1) is 14.0. The van der Waals surface area contributed by atoms with Crippen molar-refractivity contribution < 1.29 is 17.9 Å². The fourth-order valence-electron chi connectivity index (χ4n) is 3.34. The van der Waals surface area contributed by atoms with Crippen molar-refractivity contribution >= 4 is 16.1 Å². The van der Waals surface area contributed by atoms with E-state index < -0.39 is 10.2 Å². The lowest BCUT2D eigenvalue weighted by Gasteiger charge is -2.37. The van der Waals surface area contributed by atoms with Gasteiger partial charge < -0.3 is 9.64 Å². The zero-order valence-corrected chi connectivity index (χ0v) is 16.7. The molecule has 1 aromatic carbocycles. The van der Waals surface area contributed by atoms with Gasteiger partial charge in [-0.2, -0.15) is 21.8 Å². The van der Waals surface area contributed by atoms with E-state index in [2.05, 4.69) is 15.4 Å². The molecule has 11 nitrogen and oxygen atoms in total. The highest BCUT2D eigenvalue weighted by Gasteiger charge is 2.34. The van der Waals surface area contributed by atoms with Gasteiger partial charge in [0.25, 0.3) is 10.2 Å². The number of carbonyl (C=O) groups excluding carboxylic acids is 1. The van der Waals surface area contributed by atoms with Gasteiger partial charge in [-0.1, -0.05) is 30.3 Å². The van der Waals surface area contributed by atoms with Crippen molar-refractivity contribution in [3.05, 3.63) is 30.3 Å². The number of nitrogens with zero attached hydrogens (tertiary/aromatic N) is 7. The average Bonchev–Trinajstić information content (AvgIpc) is 3.23. The maximum Gasteiger partial charge on any atom is 0.282 e. The summed E-state index contributed by atoms with van der Waals surface area (Å²) in [5.74, 6) is 0.297. The maximum atomic E-state index is 12.7. The third-order valence-corrected chi connectivity index (χ3v) is 7.01. The highest BCUT2D eigenvalue weighted by molar-refractivity contribution is 7.86. The smallest absolute Gasteiger partial charge is 0.282 e. The van der Waals surface area contributed by atoms with Crippen molar-refractivity contribution in [3.8, 4) is 11.4 Å². The van der Waals surface area contributed by atoms with Gasteiger partial charge in [0.05, 0.1) is 13.2 Å². The molecule has 2 aliphatic heterocycles. The number of tetrazole rings is 1. The van der Waals surface area contributed by atoms with E-state index in [0.717, 1.165) is 5.56 Å². The predicted octanol–water partition coefficient (Wildman–Crippen LogP) is -0.939. The quantitative estimate of drug-likeness (QED) is 0.612. The molecule has 3 heterocycles. The van der Waals surface area contributed by atoms with Crippen LogP contribution in [0.2, 0.25) is 0 Å². The second-order valence-corrected chi connectivity index (χ2v) is 8.74. The molecule has 0 atom stereocenters. The summed E-state index contributed by atoms with van der Waals surface area (Å²) >= 11 is 0. The first kappa shape index (κ1) is 19.9. The predicted molar refractivity (Wildman–Crippen MR) is 103 cm³/mol. The Kier molecular flexibility index (Phi) is 5.85. The molecule has 12 heteroatoms. The number of hydrogen-bond acceptors (Lipinski definition) is 7. The number of carbonyl (C=O) groups is 1. The van der Waals surface area contributed by atoms with Crippen LogP contribution in [0.1, 0.15) is 0 Å². The number of amides is 1. The third-order valence-electron chi connectivity index (χ3n) is 4.98. The summed E-state index contributed by atoms with van der Waals surface area (Å²) in [4.78, 5) is 15.5. The zero-order chi connectivity index (χ0) is 20.3. The molecule has 2 fully saturated rings. The van der Waals surface area contributed by atoms with Crippen LogP contribution in [0.25, 0.3) is 11.4 Å². The number of hydrogen-bond donors (Lipinski definition) is 0. The minimum absolute atomic E-state index is 0.0317. The highest BCUT2D eigenvalue weighted by atomic mass is 32.2. The summed E-state index contributed by atoms with van der Waals surface area (Å²) in [5.41, 5.74) is 0.827. The molecule has 0 aliphatic carbocycles. The molecule has 2 aliphatic rings. The van der Waals surface area contributed by atoms with Crippen molar-refractivity contribution in [1.29, 1.82) is 0 Å². The van der Waals surface area contributed by atoms with Gasteiger partial charge in [0.1, 0.15) is 6.54 Å². The Hall–Kier alpha value is -2.41. The van der Waals surface area contributed by atoms with Gasteiger partial charge in [-0.15, -0.1) is 10.2 Å². The Balaban J connectivity index is 1.32. The number of piperazine rings is 1. The van der Waals surface area contributed by atoms with E-state index in [1.807, 2.05) is 30.3 Å². The van der Waals surface area contributed by atoms with Crippen LogP contribution >= 0.6 is 0 Å². The summed E-state index contributed by atoms with van der Waals surface area (Å²) in [5, 5.41) is 12.2. The van der Waals surface area contributed by atoms with Crippen LogP contribution in [-0.2, 0) is 26.3 Å². The van der Waals surface area contributed by atoms with Gasteiger partial charge in [-0.05, 0) is 5.21 Å². The summed E-state index contributed by atoms with van der Waals surface area (Å²) < 4.78 is 33.5. The summed E-state index contributed by atoms with van der Waals surface area (Å²) in [6.45, 7) is 2.73. The molecule has 0 bridgehead atoms. The molecule has 0 N–H and O–H groups in total. The highest BCUT2D eigenvalue weighted by Crippen LogP contribution is 2.15. The third kappa shape index (κ3) is 4.45. The van der Waals surface area contributed by atoms with Crippen LogP contribution in [0.4, 0.5) is 0 Å². The van der Waals surface area contributed by atoms with Crippen molar-refractivity contribution in [1.82, 2.24) is 33.7 Å². The van der Waals surface area contributed by atoms with Crippen molar-refractivity contribution in [2.24, 2.45) is 0 Å². The first-order valence-electron chi connectivity index (χ1n) is 9.48. The van der Waals surface area contributed by atoms with E-state index in [9.17, 15) is 13.2 Å². The van der Waals surface area contributed by atoms with Gasteiger partial charge in [-0.25, -0.2) is 0 Å². The zero-order valence-electron chi connectivity index (χ0n) is 15.9. The molecule has 0 radical (unpaired) electrons. The van der Waals surface area contributed by atoms with Gasteiger partial charge in [-0.3, -0.25) is 4.79 Å². The summed E-state index contributed by atoms with van der Waals surface area (Å²) in [6.07, 6.45) is 0. The van der Waals surface area contributed by atoms with E-state index >= 15 is 0 Å². The minimum Gasteiger partial charge on any atom is -0.379 e. The van der Waals surface area contributed by atoms with Crippen LogP contribution < -0.4 is 0 Å². The number of aromatic nitrogens is 4. The van der Waals surface area contributed by atoms with E-state index in [1.54, 1.807) is 4.90 Å². The largest absolute Gasteiger partial charge is 0.379 e. The van der Waals surface area contributed by atoms with Crippen LogP contribution in [0, 0.1) is 0 Å². The fraction of sp³-hybridized carbons (Fsp3) is 0.529. The van der Waals surface area contributed by atoms with Gasteiger partial charge in [0.15, 0.2) is 0 Å². The summed E-state index contributed by atoms with van der Waals surface area (Å²) in [6, 6.07) is 9.40. The molecule has 0 unspecified atom stereocenters. The molecular formula is C17H23N7O4S. The monoisotopic (exact) mass is 421 g/mol. The number of benzene rings is 1. The Bertz CT molecular complexity index is 936. The maximum absolute atomic E-state index is 12.7. The van der Waals surface area contributed by atoms with Crippen molar-refractivity contribution in [3.63, 3.8) is 0 Å². The summed E-state index contributed by atoms with van der Waals surface area (Å²) in [7, 11) is -3.51. The molecule has 4 rings (SSSR count). The van der Waals surface area contributed by atoms with Crippen LogP contribution in [0.3, 0.4) is 0 Å². The van der Waals surface area contributed by atoms with E-state index in [-0.39, 0.29) is 25.5 Å². The molecule has 0 saturated carbocycles. The second-order valence-electron chi connectivity index (χ2n) is 6.81. The van der Waals surface area contributed by atoms with Crippen LogP contribution in [0.15, 0.2) is 30.3 Å². The topological polar surface area (TPSA) is 114 Å². The molecule has 2 saturated heterocycles. The molecule has 1 amide bonds. The molecule has 156 valence electrons.